The minimum atomic E-state index is -3.93. The van der Waals surface area contributed by atoms with Crippen LogP contribution in [0.5, 0.6) is 0 Å². The number of fused-ring (bicyclic) bond motifs is 1. The summed E-state index contributed by atoms with van der Waals surface area (Å²) in [7, 11) is -3.93. The van der Waals surface area contributed by atoms with Crippen LogP contribution < -0.4 is 0 Å². The molecule has 0 bridgehead atoms. The van der Waals surface area contributed by atoms with E-state index < -0.39 is 20.6 Å². The third kappa shape index (κ3) is 2.48. The van der Waals surface area contributed by atoms with Gasteiger partial charge in [0.2, 0.25) is 10.0 Å². The van der Waals surface area contributed by atoms with Gasteiger partial charge in [0, 0.05) is 25.4 Å². The number of nitrogens with zero attached hydrogens (tertiary/aromatic N) is 4. The van der Waals surface area contributed by atoms with Crippen molar-refractivity contribution in [2.75, 3.05) is 6.54 Å². The number of aryl methyl sites for hydroxylation is 1. The SMILES string of the molecule is O=[N+]([O-])c1ccccc1S(=O)(=O)N1CCCn2nccc2C1. The fourth-order valence-electron chi connectivity index (χ4n) is 2.52. The highest BCUT2D eigenvalue weighted by Gasteiger charge is 2.32. The summed E-state index contributed by atoms with van der Waals surface area (Å²) in [6, 6.07) is 7.18. The molecule has 8 nitrogen and oxygen atoms in total. The van der Waals surface area contributed by atoms with E-state index in [-0.39, 0.29) is 11.4 Å². The molecule has 0 N–H and O–H groups in total. The van der Waals surface area contributed by atoms with E-state index in [1.54, 1.807) is 16.9 Å². The molecule has 3 rings (SSSR count). The maximum atomic E-state index is 12.8. The van der Waals surface area contributed by atoms with Crippen LogP contribution in [0, 0.1) is 10.1 Å². The summed E-state index contributed by atoms with van der Waals surface area (Å²) >= 11 is 0. The van der Waals surface area contributed by atoms with Gasteiger partial charge in [-0.25, -0.2) is 8.42 Å². The third-order valence-electron chi connectivity index (χ3n) is 3.60. The molecule has 1 aliphatic heterocycles. The first-order valence-electron chi connectivity index (χ1n) is 6.74. The second-order valence-electron chi connectivity index (χ2n) is 4.96. The molecule has 1 aromatic heterocycles. The number of rotatable bonds is 3. The molecule has 2 aromatic rings. The maximum absolute atomic E-state index is 12.8. The molecule has 0 spiro atoms. The molecule has 9 heteroatoms. The molecule has 0 atom stereocenters. The Morgan fingerprint density at radius 1 is 1.18 bits per heavy atom. The summed E-state index contributed by atoms with van der Waals surface area (Å²) in [5.41, 5.74) is 0.375. The standard InChI is InChI=1S/C13H14N4O4S/c18-17(19)12-4-1-2-5-13(12)22(20,21)15-8-3-9-16-11(10-15)6-7-14-16/h1-2,4-7H,3,8-10H2. The normalized spacial score (nSPS) is 16.0. The van der Waals surface area contributed by atoms with Gasteiger partial charge in [-0.1, -0.05) is 12.1 Å². The number of aromatic nitrogens is 2. The predicted molar refractivity (Wildman–Crippen MR) is 77.5 cm³/mol. The van der Waals surface area contributed by atoms with E-state index in [0.29, 0.717) is 19.5 Å². The van der Waals surface area contributed by atoms with Gasteiger partial charge in [0.25, 0.3) is 5.69 Å². The van der Waals surface area contributed by atoms with Crippen LogP contribution >= 0.6 is 0 Å². The second kappa shape index (κ2) is 5.50. The minimum absolute atomic E-state index is 0.161. The lowest BCUT2D eigenvalue weighted by molar-refractivity contribution is -0.387. The Labute approximate surface area is 127 Å². The molecule has 1 aromatic carbocycles. The van der Waals surface area contributed by atoms with Crippen molar-refractivity contribution in [1.82, 2.24) is 14.1 Å². The second-order valence-corrected chi connectivity index (χ2v) is 6.87. The summed E-state index contributed by atoms with van der Waals surface area (Å²) in [5, 5.41) is 15.2. The summed E-state index contributed by atoms with van der Waals surface area (Å²) < 4.78 is 28.6. The van der Waals surface area contributed by atoms with Gasteiger partial charge in [0.1, 0.15) is 0 Å². The van der Waals surface area contributed by atoms with Gasteiger partial charge in [0.15, 0.2) is 4.90 Å². The number of para-hydroxylation sites is 1. The average molecular weight is 322 g/mol. The van der Waals surface area contributed by atoms with Crippen molar-refractivity contribution in [2.45, 2.75) is 24.4 Å². The third-order valence-corrected chi connectivity index (χ3v) is 5.49. The Kier molecular flexibility index (Phi) is 3.67. The largest absolute Gasteiger partial charge is 0.289 e. The summed E-state index contributed by atoms with van der Waals surface area (Å²) in [5.74, 6) is 0. The minimum Gasteiger partial charge on any atom is -0.268 e. The molecule has 0 amide bonds. The van der Waals surface area contributed by atoms with Crippen molar-refractivity contribution in [3.63, 3.8) is 0 Å². The van der Waals surface area contributed by atoms with Gasteiger partial charge in [-0.3, -0.25) is 14.8 Å². The van der Waals surface area contributed by atoms with E-state index in [1.165, 1.54) is 28.6 Å². The van der Waals surface area contributed by atoms with E-state index in [2.05, 4.69) is 5.10 Å². The van der Waals surface area contributed by atoms with Crippen molar-refractivity contribution < 1.29 is 13.3 Å². The molecule has 2 heterocycles. The van der Waals surface area contributed by atoms with Crippen molar-refractivity contribution >= 4 is 15.7 Å². The summed E-state index contributed by atoms with van der Waals surface area (Å²) in [6.07, 6.45) is 2.23. The smallest absolute Gasteiger partial charge is 0.268 e. The average Bonchev–Trinajstić information content (AvgIpc) is 2.84. The Morgan fingerprint density at radius 2 is 1.95 bits per heavy atom. The Bertz CT molecular complexity index is 815. The van der Waals surface area contributed by atoms with Crippen LogP contribution in [0.15, 0.2) is 41.4 Å². The number of nitro benzene ring substituents is 1. The molecule has 1 aliphatic rings. The molecule has 0 fully saturated rings. The van der Waals surface area contributed by atoms with Gasteiger partial charge in [0.05, 0.1) is 17.2 Å². The number of sulfonamides is 1. The molecule has 116 valence electrons. The van der Waals surface area contributed by atoms with Gasteiger partial charge < -0.3 is 0 Å². The molecule has 22 heavy (non-hydrogen) atoms. The van der Waals surface area contributed by atoms with E-state index >= 15 is 0 Å². The van der Waals surface area contributed by atoms with Crippen LogP contribution in [0.3, 0.4) is 0 Å². The zero-order chi connectivity index (χ0) is 15.7. The van der Waals surface area contributed by atoms with Crippen LogP contribution in [-0.2, 0) is 23.1 Å². The molecular weight excluding hydrogens is 308 g/mol. The highest BCUT2D eigenvalue weighted by molar-refractivity contribution is 7.89. The number of hydrogen-bond acceptors (Lipinski definition) is 5. The van der Waals surface area contributed by atoms with E-state index in [0.717, 1.165) is 5.69 Å². The molecule has 0 aliphatic carbocycles. The molecule has 0 saturated heterocycles. The lowest BCUT2D eigenvalue weighted by Gasteiger charge is -2.19. The molecule has 0 unspecified atom stereocenters. The molecule has 0 saturated carbocycles. The van der Waals surface area contributed by atoms with Crippen LogP contribution in [0.25, 0.3) is 0 Å². The Morgan fingerprint density at radius 3 is 2.73 bits per heavy atom. The quantitative estimate of drug-likeness (QED) is 0.628. The van der Waals surface area contributed by atoms with Crippen LogP contribution in [0.1, 0.15) is 12.1 Å². The van der Waals surface area contributed by atoms with Gasteiger partial charge in [-0.15, -0.1) is 0 Å². The highest BCUT2D eigenvalue weighted by atomic mass is 32.2. The topological polar surface area (TPSA) is 98.3 Å². The first-order chi connectivity index (χ1) is 10.5. The van der Waals surface area contributed by atoms with Gasteiger partial charge in [-0.2, -0.15) is 9.40 Å². The predicted octanol–water partition coefficient (Wildman–Crippen LogP) is 1.39. The van der Waals surface area contributed by atoms with Gasteiger partial charge in [-0.05, 0) is 18.6 Å². The highest BCUT2D eigenvalue weighted by Crippen LogP contribution is 2.28. The first kappa shape index (κ1) is 14.7. The Hall–Kier alpha value is -2.26. The lowest BCUT2D eigenvalue weighted by atomic mass is 10.3. The maximum Gasteiger partial charge on any atom is 0.289 e. The lowest BCUT2D eigenvalue weighted by Crippen LogP contribution is -2.31. The zero-order valence-electron chi connectivity index (χ0n) is 11.6. The van der Waals surface area contributed by atoms with E-state index in [4.69, 9.17) is 0 Å². The van der Waals surface area contributed by atoms with Gasteiger partial charge >= 0.3 is 0 Å². The first-order valence-corrected chi connectivity index (χ1v) is 8.18. The zero-order valence-corrected chi connectivity index (χ0v) is 12.4. The van der Waals surface area contributed by atoms with Crippen molar-refractivity contribution in [3.8, 4) is 0 Å². The Balaban J connectivity index is 2.02. The fourth-order valence-corrected chi connectivity index (χ4v) is 4.13. The van der Waals surface area contributed by atoms with E-state index in [1.807, 2.05) is 0 Å². The molecular formula is C13H14N4O4S. The summed E-state index contributed by atoms with van der Waals surface area (Å²) in [6.45, 7) is 1.09. The number of nitro groups is 1. The number of hydrogen-bond donors (Lipinski definition) is 0. The fraction of sp³-hybridized carbons (Fsp3) is 0.308. The van der Waals surface area contributed by atoms with Crippen LogP contribution in [0.4, 0.5) is 5.69 Å². The van der Waals surface area contributed by atoms with E-state index in [9.17, 15) is 18.5 Å². The van der Waals surface area contributed by atoms with Crippen LogP contribution in [-0.4, -0.2) is 34.0 Å². The van der Waals surface area contributed by atoms with Crippen molar-refractivity contribution in [3.05, 3.63) is 52.3 Å². The van der Waals surface area contributed by atoms with Crippen molar-refractivity contribution in [1.29, 1.82) is 0 Å². The van der Waals surface area contributed by atoms with Crippen molar-refractivity contribution in [2.24, 2.45) is 0 Å². The monoisotopic (exact) mass is 322 g/mol. The van der Waals surface area contributed by atoms with Crippen LogP contribution in [0.2, 0.25) is 0 Å². The summed E-state index contributed by atoms with van der Waals surface area (Å²) in [4.78, 5) is 10.1. The molecule has 0 radical (unpaired) electrons. The number of benzene rings is 1.